The first-order chi connectivity index (χ1) is 11.5. The van der Waals surface area contributed by atoms with E-state index in [0.29, 0.717) is 0 Å². The summed E-state index contributed by atoms with van der Waals surface area (Å²) in [7, 11) is 1.74. The Bertz CT molecular complexity index is 582. The van der Waals surface area contributed by atoms with Crippen LogP contribution in [-0.2, 0) is 9.53 Å². The summed E-state index contributed by atoms with van der Waals surface area (Å²) in [5.41, 5.74) is 0.617. The molecule has 2 fully saturated rings. The van der Waals surface area contributed by atoms with Gasteiger partial charge in [0.15, 0.2) is 0 Å². The number of anilines is 1. The summed E-state index contributed by atoms with van der Waals surface area (Å²) in [6, 6.07) is 8.01. The predicted octanol–water partition coefficient (Wildman–Crippen LogP) is 3.05. The predicted molar refractivity (Wildman–Crippen MR) is 114 cm³/mol. The minimum Gasteiger partial charge on any atom is -0.383 e. The number of carbonyl (C=O) groups excluding carboxylic acids is 1. The Morgan fingerprint density at radius 3 is 2.27 bits per heavy atom. The normalized spacial score (nSPS) is 24.3. The third kappa shape index (κ3) is 4.91. The Kier molecular flexibility index (Phi) is 9.33. The molecule has 26 heavy (non-hydrogen) atoms. The van der Waals surface area contributed by atoms with Crippen molar-refractivity contribution >= 4 is 52.3 Å². The van der Waals surface area contributed by atoms with Crippen LogP contribution >= 0.6 is 40.7 Å². The summed E-state index contributed by atoms with van der Waals surface area (Å²) in [6.07, 6.45) is 0.889. The highest BCUT2D eigenvalue weighted by Gasteiger charge is 2.48. The lowest BCUT2D eigenvalue weighted by molar-refractivity contribution is -0.128. The van der Waals surface area contributed by atoms with Crippen molar-refractivity contribution in [2.24, 2.45) is 0 Å². The monoisotopic (exact) mass is 467 g/mol. The van der Waals surface area contributed by atoms with Gasteiger partial charge in [0, 0.05) is 56.5 Å². The van der Waals surface area contributed by atoms with Crippen molar-refractivity contribution in [2.45, 2.75) is 18.9 Å². The lowest BCUT2D eigenvalue weighted by Crippen LogP contribution is -2.59. The molecule has 0 spiro atoms. The number of benzene rings is 1. The summed E-state index contributed by atoms with van der Waals surface area (Å²) in [6.45, 7) is 8.54. The number of halogens is 3. The molecule has 0 radical (unpaired) electrons. The molecule has 0 aliphatic carbocycles. The highest BCUT2D eigenvalue weighted by atomic mass is 79.9. The molecular formula is C18H28BrCl2N3O2. The number of ether oxygens (including phenoxy) is 1. The van der Waals surface area contributed by atoms with Crippen LogP contribution in [0.25, 0.3) is 0 Å². The summed E-state index contributed by atoms with van der Waals surface area (Å²) in [5, 5.41) is 0. The fourth-order valence-corrected chi connectivity index (χ4v) is 3.94. The summed E-state index contributed by atoms with van der Waals surface area (Å²) < 4.78 is 6.20. The van der Waals surface area contributed by atoms with Crippen LogP contribution in [0, 0.1) is 0 Å². The van der Waals surface area contributed by atoms with E-state index in [1.54, 1.807) is 7.11 Å². The van der Waals surface area contributed by atoms with E-state index >= 15 is 0 Å². The zero-order valence-corrected chi connectivity index (χ0v) is 18.5. The number of hydrogen-bond donors (Lipinski definition) is 0. The van der Waals surface area contributed by atoms with E-state index in [0.717, 1.165) is 62.5 Å². The van der Waals surface area contributed by atoms with Crippen molar-refractivity contribution in [1.82, 2.24) is 9.80 Å². The van der Waals surface area contributed by atoms with Gasteiger partial charge < -0.3 is 9.64 Å². The van der Waals surface area contributed by atoms with Crippen LogP contribution in [-0.4, -0.2) is 74.2 Å². The highest BCUT2D eigenvalue weighted by Crippen LogP contribution is 2.33. The first kappa shape index (κ1) is 23.7. The Hall–Kier alpha value is -0.370. The van der Waals surface area contributed by atoms with Gasteiger partial charge in [0.2, 0.25) is 5.91 Å². The van der Waals surface area contributed by atoms with Crippen LogP contribution in [0.4, 0.5) is 5.69 Å². The number of carbonyl (C=O) groups is 1. The van der Waals surface area contributed by atoms with E-state index in [-0.39, 0.29) is 36.3 Å². The maximum Gasteiger partial charge on any atom is 0.247 e. The van der Waals surface area contributed by atoms with E-state index < -0.39 is 0 Å². The molecule has 0 N–H and O–H groups in total. The van der Waals surface area contributed by atoms with E-state index in [9.17, 15) is 4.79 Å². The van der Waals surface area contributed by atoms with Crippen LogP contribution in [0.3, 0.4) is 0 Å². The third-order valence-electron chi connectivity index (χ3n) is 5.35. The van der Waals surface area contributed by atoms with Crippen molar-refractivity contribution in [1.29, 1.82) is 0 Å². The van der Waals surface area contributed by atoms with Crippen LogP contribution in [0.2, 0.25) is 0 Å². The van der Waals surface area contributed by atoms with Crippen molar-refractivity contribution < 1.29 is 9.53 Å². The summed E-state index contributed by atoms with van der Waals surface area (Å²) in [5.74, 6) is 0.232. The number of hydrogen-bond acceptors (Lipinski definition) is 4. The highest BCUT2D eigenvalue weighted by molar-refractivity contribution is 9.10. The molecule has 3 rings (SSSR count). The molecular weight excluding hydrogens is 441 g/mol. The molecule has 1 unspecified atom stereocenters. The Labute approximate surface area is 177 Å². The van der Waals surface area contributed by atoms with Crippen LogP contribution < -0.4 is 4.90 Å². The van der Waals surface area contributed by atoms with E-state index in [2.05, 4.69) is 32.7 Å². The Balaban J connectivity index is 0.00000169. The van der Waals surface area contributed by atoms with Gasteiger partial charge in [0.05, 0.1) is 12.1 Å². The van der Waals surface area contributed by atoms with Gasteiger partial charge in [0.1, 0.15) is 0 Å². The Morgan fingerprint density at radius 1 is 1.08 bits per heavy atom. The van der Waals surface area contributed by atoms with Crippen molar-refractivity contribution in [3.63, 3.8) is 0 Å². The average Bonchev–Trinajstić information content (AvgIpc) is 2.91. The van der Waals surface area contributed by atoms with Gasteiger partial charge in [-0.3, -0.25) is 14.6 Å². The maximum atomic E-state index is 13.1. The molecule has 1 amide bonds. The molecule has 0 aromatic heterocycles. The maximum absolute atomic E-state index is 13.1. The first-order valence-electron chi connectivity index (χ1n) is 8.58. The lowest BCUT2D eigenvalue weighted by atomic mass is 9.97. The summed E-state index contributed by atoms with van der Waals surface area (Å²) >= 11 is 3.45. The quantitative estimate of drug-likeness (QED) is 0.665. The van der Waals surface area contributed by atoms with Crippen molar-refractivity contribution in [2.75, 3.05) is 57.9 Å². The van der Waals surface area contributed by atoms with E-state index in [1.807, 2.05) is 29.2 Å². The standard InChI is InChI=1S/C18H26BrN3O2.2ClH/c1-18(21-11-9-20(10-12-21)13-14-24-2)7-8-22(17(18)23)16-5-3-15(19)4-6-16;;/h3-6H,7-14H2,1-2H3;2*1H. The van der Waals surface area contributed by atoms with Gasteiger partial charge in [-0.2, -0.15) is 0 Å². The van der Waals surface area contributed by atoms with Gasteiger partial charge in [-0.1, -0.05) is 15.9 Å². The molecule has 2 saturated heterocycles. The lowest BCUT2D eigenvalue weighted by Gasteiger charge is -2.42. The first-order valence-corrected chi connectivity index (χ1v) is 9.38. The third-order valence-corrected chi connectivity index (χ3v) is 5.88. The molecule has 2 heterocycles. The second-order valence-electron chi connectivity index (χ2n) is 6.78. The average molecular weight is 469 g/mol. The number of rotatable bonds is 5. The topological polar surface area (TPSA) is 36.0 Å². The molecule has 0 saturated carbocycles. The molecule has 0 bridgehead atoms. The molecule has 1 aromatic carbocycles. The molecule has 8 heteroatoms. The van der Waals surface area contributed by atoms with E-state index in [1.165, 1.54) is 0 Å². The van der Waals surface area contributed by atoms with Gasteiger partial charge in [-0.25, -0.2) is 0 Å². The molecule has 2 aliphatic rings. The zero-order valence-electron chi connectivity index (χ0n) is 15.3. The number of nitrogens with zero attached hydrogens (tertiary/aromatic N) is 3. The van der Waals surface area contributed by atoms with Gasteiger partial charge in [-0.05, 0) is 37.6 Å². The number of piperazine rings is 1. The smallest absolute Gasteiger partial charge is 0.247 e. The fraction of sp³-hybridized carbons (Fsp3) is 0.611. The molecule has 2 aliphatic heterocycles. The minimum absolute atomic E-state index is 0. The minimum atomic E-state index is -0.375. The van der Waals surface area contributed by atoms with Crippen LogP contribution in [0.15, 0.2) is 28.7 Å². The van der Waals surface area contributed by atoms with Crippen LogP contribution in [0.5, 0.6) is 0 Å². The van der Waals surface area contributed by atoms with Crippen molar-refractivity contribution in [3.8, 4) is 0 Å². The van der Waals surface area contributed by atoms with Crippen LogP contribution in [0.1, 0.15) is 13.3 Å². The number of amides is 1. The second kappa shape index (κ2) is 10.2. The largest absolute Gasteiger partial charge is 0.383 e. The van der Waals surface area contributed by atoms with Gasteiger partial charge in [-0.15, -0.1) is 24.8 Å². The SMILES string of the molecule is COCCN1CCN(C2(C)CCN(c3ccc(Br)cc3)C2=O)CC1.Cl.Cl. The molecule has 148 valence electrons. The molecule has 5 nitrogen and oxygen atoms in total. The number of methoxy groups -OCH3 is 1. The van der Waals surface area contributed by atoms with Gasteiger partial charge >= 0.3 is 0 Å². The molecule has 1 atom stereocenters. The fourth-order valence-electron chi connectivity index (χ4n) is 3.67. The van der Waals surface area contributed by atoms with Crippen molar-refractivity contribution in [3.05, 3.63) is 28.7 Å². The Morgan fingerprint density at radius 2 is 1.69 bits per heavy atom. The van der Waals surface area contributed by atoms with E-state index in [4.69, 9.17) is 4.74 Å². The summed E-state index contributed by atoms with van der Waals surface area (Å²) in [4.78, 5) is 19.8. The molecule has 1 aromatic rings. The van der Waals surface area contributed by atoms with Gasteiger partial charge in [0.25, 0.3) is 0 Å². The second-order valence-corrected chi connectivity index (χ2v) is 7.69. The zero-order chi connectivity index (χ0) is 17.2.